The van der Waals surface area contributed by atoms with Gasteiger partial charge in [-0.1, -0.05) is 0 Å². The molecule has 90 valence electrons. The van der Waals surface area contributed by atoms with Crippen LogP contribution in [0.4, 0.5) is 0 Å². The molecule has 0 bridgehead atoms. The molecule has 2 aromatic heterocycles. The van der Waals surface area contributed by atoms with E-state index in [0.29, 0.717) is 0 Å². The van der Waals surface area contributed by atoms with Gasteiger partial charge in [0.2, 0.25) is 0 Å². The number of aromatic nitrogens is 3. The van der Waals surface area contributed by atoms with E-state index < -0.39 is 0 Å². The fraction of sp³-hybridized carbons (Fsp3) is 0.500. The first kappa shape index (κ1) is 11.0. The minimum absolute atomic E-state index is 0.121. The van der Waals surface area contributed by atoms with Crippen molar-refractivity contribution in [3.8, 4) is 0 Å². The van der Waals surface area contributed by atoms with Gasteiger partial charge in [-0.05, 0) is 25.5 Å². The van der Waals surface area contributed by atoms with E-state index in [-0.39, 0.29) is 11.5 Å². The summed E-state index contributed by atoms with van der Waals surface area (Å²) < 4.78 is 7.55. The second kappa shape index (κ2) is 4.27. The molecule has 3 heterocycles. The first-order valence-electron chi connectivity index (χ1n) is 5.82. The van der Waals surface area contributed by atoms with Crippen LogP contribution in [0.2, 0.25) is 0 Å². The molecule has 3 rings (SSSR count). The quantitative estimate of drug-likeness (QED) is 0.787. The summed E-state index contributed by atoms with van der Waals surface area (Å²) in [6.45, 7) is 3.58. The van der Waals surface area contributed by atoms with Gasteiger partial charge < -0.3 is 9.30 Å². The van der Waals surface area contributed by atoms with E-state index in [2.05, 4.69) is 14.5 Å². The molecule has 5 heteroatoms. The molecule has 0 aromatic carbocycles. The highest BCUT2D eigenvalue weighted by molar-refractivity contribution is 6.20. The fourth-order valence-electron chi connectivity index (χ4n) is 2.09. The van der Waals surface area contributed by atoms with Gasteiger partial charge >= 0.3 is 0 Å². The number of pyridine rings is 1. The van der Waals surface area contributed by atoms with E-state index in [9.17, 15) is 0 Å². The average Bonchev–Trinajstić information content (AvgIpc) is 2.62. The minimum atomic E-state index is -0.121. The van der Waals surface area contributed by atoms with Crippen molar-refractivity contribution in [3.63, 3.8) is 0 Å². The van der Waals surface area contributed by atoms with Crippen LogP contribution in [0, 0.1) is 0 Å². The topological polar surface area (TPSA) is 39.9 Å². The molecule has 1 aliphatic heterocycles. The van der Waals surface area contributed by atoms with Crippen molar-refractivity contribution >= 4 is 22.8 Å². The predicted octanol–water partition coefficient (Wildman–Crippen LogP) is 2.52. The number of nitrogens with zero attached hydrogens (tertiary/aromatic N) is 3. The van der Waals surface area contributed by atoms with Gasteiger partial charge in [-0.25, -0.2) is 9.97 Å². The first-order valence-corrected chi connectivity index (χ1v) is 6.26. The molecule has 0 amide bonds. The summed E-state index contributed by atoms with van der Waals surface area (Å²) in [5.74, 6) is 0.871. The number of hydrogen-bond acceptors (Lipinski definition) is 3. The summed E-state index contributed by atoms with van der Waals surface area (Å²) in [7, 11) is 0. The lowest BCUT2D eigenvalue weighted by atomic mass is 10.2. The van der Waals surface area contributed by atoms with Crippen molar-refractivity contribution in [1.82, 2.24) is 14.5 Å². The summed E-state index contributed by atoms with van der Waals surface area (Å²) in [6, 6.07) is 3.85. The predicted molar refractivity (Wildman–Crippen MR) is 66.2 cm³/mol. The van der Waals surface area contributed by atoms with E-state index in [1.54, 1.807) is 6.20 Å². The molecule has 2 aromatic rings. The summed E-state index contributed by atoms with van der Waals surface area (Å²) in [5.41, 5.74) is 1.79. The average molecular weight is 252 g/mol. The van der Waals surface area contributed by atoms with E-state index in [0.717, 1.165) is 36.6 Å². The maximum absolute atomic E-state index is 6.17. The molecule has 0 saturated carbocycles. The highest BCUT2D eigenvalue weighted by Crippen LogP contribution is 2.25. The van der Waals surface area contributed by atoms with Gasteiger partial charge in [-0.15, -0.1) is 11.6 Å². The molecule has 2 atom stereocenters. The Morgan fingerprint density at radius 2 is 2.47 bits per heavy atom. The molecule has 0 spiro atoms. The van der Waals surface area contributed by atoms with E-state index >= 15 is 0 Å². The van der Waals surface area contributed by atoms with Gasteiger partial charge in [0.05, 0.1) is 18.0 Å². The number of halogens is 1. The summed E-state index contributed by atoms with van der Waals surface area (Å²) in [6.07, 6.45) is 3.16. The number of imidazole rings is 1. The Hall–Kier alpha value is -1.13. The lowest BCUT2D eigenvalue weighted by Gasteiger charge is -2.27. The van der Waals surface area contributed by atoms with Crippen LogP contribution in [0.3, 0.4) is 0 Å². The van der Waals surface area contributed by atoms with Crippen LogP contribution in [-0.4, -0.2) is 27.2 Å². The molecule has 1 fully saturated rings. The van der Waals surface area contributed by atoms with Crippen molar-refractivity contribution in [1.29, 1.82) is 0 Å². The summed E-state index contributed by atoms with van der Waals surface area (Å²) >= 11 is 6.17. The lowest BCUT2D eigenvalue weighted by molar-refractivity contribution is -0.0590. The Morgan fingerprint density at radius 1 is 1.65 bits per heavy atom. The van der Waals surface area contributed by atoms with Crippen LogP contribution >= 0.6 is 11.6 Å². The monoisotopic (exact) mass is 251 g/mol. The molecule has 0 N–H and O–H groups in total. The van der Waals surface area contributed by atoms with Crippen molar-refractivity contribution in [2.24, 2.45) is 0 Å². The number of fused-ring (bicyclic) bond motifs is 1. The van der Waals surface area contributed by atoms with Crippen LogP contribution in [0.5, 0.6) is 0 Å². The molecule has 1 unspecified atom stereocenters. The lowest BCUT2D eigenvalue weighted by Crippen LogP contribution is -2.31. The van der Waals surface area contributed by atoms with Crippen LogP contribution in [0.25, 0.3) is 11.2 Å². The van der Waals surface area contributed by atoms with Crippen LogP contribution < -0.4 is 0 Å². The normalized spacial score (nSPS) is 21.4. The minimum Gasteiger partial charge on any atom is -0.376 e. The third kappa shape index (κ3) is 1.91. The van der Waals surface area contributed by atoms with Crippen molar-refractivity contribution in [2.75, 3.05) is 6.61 Å². The van der Waals surface area contributed by atoms with Crippen LogP contribution in [0.15, 0.2) is 18.3 Å². The summed E-state index contributed by atoms with van der Waals surface area (Å²) in [5, 5.41) is -0.121. The van der Waals surface area contributed by atoms with Crippen molar-refractivity contribution in [3.05, 3.63) is 24.2 Å². The third-order valence-electron chi connectivity index (χ3n) is 3.07. The first-order chi connectivity index (χ1) is 8.25. The van der Waals surface area contributed by atoms with Gasteiger partial charge in [0.1, 0.15) is 11.3 Å². The van der Waals surface area contributed by atoms with Crippen molar-refractivity contribution < 1.29 is 4.74 Å². The highest BCUT2D eigenvalue weighted by Gasteiger charge is 2.23. The second-order valence-corrected chi connectivity index (χ2v) is 4.98. The fourth-order valence-corrected chi connectivity index (χ4v) is 2.26. The maximum atomic E-state index is 6.17. The third-order valence-corrected chi connectivity index (χ3v) is 3.26. The van der Waals surface area contributed by atoms with Gasteiger partial charge in [0.25, 0.3) is 0 Å². The number of ether oxygens (including phenoxy) is 1. The molecular weight excluding hydrogens is 238 g/mol. The molecule has 1 saturated heterocycles. The highest BCUT2D eigenvalue weighted by atomic mass is 35.5. The van der Waals surface area contributed by atoms with Gasteiger partial charge in [0, 0.05) is 12.8 Å². The zero-order chi connectivity index (χ0) is 11.8. The number of hydrogen-bond donors (Lipinski definition) is 0. The zero-order valence-electron chi connectivity index (χ0n) is 9.64. The number of rotatable bonds is 3. The smallest absolute Gasteiger partial charge is 0.160 e. The molecule has 0 aliphatic carbocycles. The van der Waals surface area contributed by atoms with E-state index in [4.69, 9.17) is 16.3 Å². The molecule has 0 radical (unpaired) electrons. The second-order valence-electron chi connectivity index (χ2n) is 4.32. The van der Waals surface area contributed by atoms with Crippen molar-refractivity contribution in [2.45, 2.75) is 31.4 Å². The molecule has 4 nitrogen and oxygen atoms in total. The standard InChI is InChI=1S/C12H14ClN3O/c1-8(13)11-15-10-3-2-5-14-12(10)16(11)7-9-4-6-17-9/h2-3,5,8-9H,4,6-7H2,1H3/t8?,9-/m0/s1. The molecule has 1 aliphatic rings. The SMILES string of the molecule is CC(Cl)c1nc2cccnc2n1C[C@@H]1CCO1. The maximum Gasteiger partial charge on any atom is 0.160 e. The van der Waals surface area contributed by atoms with Crippen LogP contribution in [0.1, 0.15) is 24.5 Å². The Bertz CT molecular complexity index is 534. The Morgan fingerprint density at radius 3 is 3.12 bits per heavy atom. The van der Waals surface area contributed by atoms with E-state index in [1.165, 1.54) is 0 Å². The van der Waals surface area contributed by atoms with Gasteiger partial charge in [-0.3, -0.25) is 0 Å². The number of alkyl halides is 1. The molecular formula is C12H14ClN3O. The Labute approximate surface area is 105 Å². The Kier molecular flexibility index (Phi) is 2.76. The van der Waals surface area contributed by atoms with Crippen LogP contribution in [-0.2, 0) is 11.3 Å². The van der Waals surface area contributed by atoms with E-state index in [1.807, 2.05) is 19.1 Å². The molecule has 17 heavy (non-hydrogen) atoms. The van der Waals surface area contributed by atoms with Gasteiger partial charge in [-0.2, -0.15) is 0 Å². The Balaban J connectivity index is 2.06. The summed E-state index contributed by atoms with van der Waals surface area (Å²) in [4.78, 5) is 8.92. The van der Waals surface area contributed by atoms with Gasteiger partial charge in [0.15, 0.2) is 5.65 Å². The zero-order valence-corrected chi connectivity index (χ0v) is 10.4. The largest absolute Gasteiger partial charge is 0.376 e.